The summed E-state index contributed by atoms with van der Waals surface area (Å²) in [5.41, 5.74) is 7.48. The van der Waals surface area contributed by atoms with E-state index in [0.717, 1.165) is 29.3 Å². The van der Waals surface area contributed by atoms with Crippen molar-refractivity contribution < 1.29 is 149 Å². The smallest absolute Gasteiger partial charge is 0.411 e. The van der Waals surface area contributed by atoms with Crippen molar-refractivity contribution in [3.8, 4) is 40.9 Å². The van der Waals surface area contributed by atoms with Crippen LogP contribution < -0.4 is 68.0 Å². The fourth-order valence-corrected chi connectivity index (χ4v) is 20.6. The van der Waals surface area contributed by atoms with Crippen LogP contribution in [0.5, 0.6) is 17.2 Å². The van der Waals surface area contributed by atoms with Gasteiger partial charge < -0.3 is 130 Å². The Balaban J connectivity index is 0.683. The number of hydrogen-bond donors (Lipinski definition) is 14. The second-order valence-electron chi connectivity index (χ2n) is 34.4. The largest absolute Gasteiger partial charge is 0.492 e. The minimum absolute atomic E-state index is 0.000367. The molecule has 6 heterocycles. The number of imide groups is 1. The topological polar surface area (TPSA) is 565 Å². The van der Waals surface area contributed by atoms with Gasteiger partial charge in [0, 0.05) is 119 Å². The van der Waals surface area contributed by atoms with Gasteiger partial charge in [-0.1, -0.05) is 112 Å². The van der Waals surface area contributed by atoms with Crippen molar-refractivity contribution >= 4 is 132 Å². The fourth-order valence-electron chi connectivity index (χ4n) is 16.4. The molecular formula is C94H120IN11O31S3. The molecule has 17 unspecified atom stereocenters. The van der Waals surface area contributed by atoms with E-state index in [2.05, 4.69) is 71.7 Å². The number of rotatable bonds is 46. The number of hydroxylamine groups is 1. The van der Waals surface area contributed by atoms with Crippen LogP contribution in [0.1, 0.15) is 132 Å². The number of Topliss-reactive ketones (excluding diaryl/α,β-unsaturated/α-hetero) is 1. The predicted molar refractivity (Wildman–Crippen MR) is 514 cm³/mol. The molecule has 0 spiro atoms. The maximum atomic E-state index is 14.6. The lowest BCUT2D eigenvalue weighted by Gasteiger charge is -2.46. The number of methoxy groups -OCH3 is 5. The van der Waals surface area contributed by atoms with Crippen LogP contribution in [-0.4, -0.2) is 302 Å². The Morgan fingerprint density at radius 1 is 0.736 bits per heavy atom. The van der Waals surface area contributed by atoms with Crippen molar-refractivity contribution in [3.63, 3.8) is 0 Å². The third kappa shape index (κ3) is 30.3. The van der Waals surface area contributed by atoms with E-state index < -0.39 is 197 Å². The summed E-state index contributed by atoms with van der Waals surface area (Å²) in [6.07, 6.45) is -11.1. The average molecular weight is 2120 g/mol. The Kier molecular flexibility index (Phi) is 41.2. The van der Waals surface area contributed by atoms with Crippen LogP contribution in [0.25, 0.3) is 0 Å². The number of carbonyl (C=O) groups is 12. The highest BCUT2D eigenvalue weighted by molar-refractivity contribution is 14.1. The number of urea groups is 1. The number of nitrogens with two attached hydrogens (primary N) is 1. The number of ether oxygens (including phenoxy) is 14. The second kappa shape index (κ2) is 52.3. The summed E-state index contributed by atoms with van der Waals surface area (Å²) in [4.78, 5) is 165. The van der Waals surface area contributed by atoms with Gasteiger partial charge in [0.25, 0.3) is 11.8 Å². The van der Waals surface area contributed by atoms with Gasteiger partial charge in [0.2, 0.25) is 46.7 Å². The molecule has 21 atom stereocenters. The van der Waals surface area contributed by atoms with Gasteiger partial charge >= 0.3 is 18.2 Å². The number of alkyl carbamates (subject to hydrolysis) is 2. The molecule has 2 aliphatic carbocycles. The van der Waals surface area contributed by atoms with E-state index in [1.54, 1.807) is 81.4 Å². The van der Waals surface area contributed by atoms with Gasteiger partial charge in [0.1, 0.15) is 55.3 Å². The summed E-state index contributed by atoms with van der Waals surface area (Å²) >= 11 is 2.79. The summed E-state index contributed by atoms with van der Waals surface area (Å²) in [5.74, 6) is 7.77. The van der Waals surface area contributed by atoms with Gasteiger partial charge in [-0.3, -0.25) is 58.2 Å². The maximum Gasteiger partial charge on any atom is 0.411 e. The molecule has 5 fully saturated rings. The van der Waals surface area contributed by atoms with Crippen LogP contribution in [0.15, 0.2) is 102 Å². The Morgan fingerprint density at radius 3 is 2.16 bits per heavy atom. The van der Waals surface area contributed by atoms with Gasteiger partial charge in [-0.2, -0.15) is 5.48 Å². The molecule has 0 radical (unpaired) electrons. The standard InChI is InChI=1S/C94H120IN11O31S3/c1-49-70(77(124-8)81(126-10)78(72(49)95)134-87-76(115)79(125-9)82-89(135-82)136-87)86(118)139-83-51(3)130-69(44-60(83)108)137-105-73-50(2)131-88(80(75(73)114)133-68-45-63(123-7)59(48-128-68)100-52(4)107)132-62-26-18-12-13-20-36-94(122)46-61(109)74(104-92(121)127-11)71(62)56(94)35-42-138-140-93(5,6)37-34-64(110)97-39-40-99-91(120)129-47-54-28-30-55(31-29-54)101-84(116)57(25-22-38-98-90(96)119)103-85(117)58(43-53-23-16-14-17-24-53)102-65(111)27-19-15-21-41-106-66(112)32-33-67(106)113/h12-14,16-17,23-24,28-33,35,50-51,57-60,62-63,68-69,73,75-76,79-80,82-83,87-89,105,108,114-115,122H,15,19,21-22,25,27,34,37-48H2,1-11H3,(H,97,110)(H,99,120)(H,100,107)(H,101,116)(H,102,111)(H,103,117)(H,104,121)(H3,96,98,119)/b13-12-,56-35+/t50?,51?,57-,58-,59?,60?,62-,63?,68?,69?,73?,75?,76?,79?,80?,82?,83?,87?,88?,89?,94-/m0/s1. The molecule has 2 bridgehead atoms. The zero-order valence-electron chi connectivity index (χ0n) is 79.0. The van der Waals surface area contributed by atoms with Crippen LogP contribution in [0.4, 0.5) is 20.1 Å². The van der Waals surface area contributed by atoms with Crippen LogP contribution in [0, 0.1) is 34.2 Å². The molecule has 11 rings (SSSR count). The van der Waals surface area contributed by atoms with E-state index in [0.29, 0.717) is 46.1 Å². The van der Waals surface area contributed by atoms with Crippen LogP contribution in [-0.2, 0) is 108 Å². The Bertz CT molecular complexity index is 5180. The zero-order chi connectivity index (χ0) is 101. The molecule has 762 valence electrons. The van der Waals surface area contributed by atoms with Gasteiger partial charge in [-0.05, 0) is 130 Å². The van der Waals surface area contributed by atoms with Gasteiger partial charge in [0.05, 0.1) is 90.9 Å². The maximum absolute atomic E-state index is 14.6. The highest BCUT2D eigenvalue weighted by atomic mass is 127. The van der Waals surface area contributed by atoms with E-state index >= 15 is 0 Å². The number of benzene rings is 3. The van der Waals surface area contributed by atoms with Crippen molar-refractivity contribution in [1.29, 1.82) is 0 Å². The quantitative estimate of drug-likeness (QED) is 0.00720. The van der Waals surface area contributed by atoms with E-state index in [9.17, 15) is 78.0 Å². The SMILES string of the molecule is COC(=O)NC1=C2/C(=C\CSSC(C)(C)CCC(=O)NCCNC(=O)OCc3ccc(NC(=O)[C@H](CCCNC(N)=O)NC(=O)[C@H](Cc4ccccc4)NC(=O)CCCCCN4C(=O)C=CC4=O)cc3)[C@](O)(C#C/C=C\C#C[C@@H]2OC2OC(C)C(NOC3CC(O)C(SC(=O)c4c(C)c(I)c(OC5OC6OC6C(OC)C5O)c(OC)c4OC)C(C)O3)C(O)C2OC2CC(OC)C(NC(C)=O)CO2)CC1=O. The highest BCUT2D eigenvalue weighted by Crippen LogP contribution is 2.50. The van der Waals surface area contributed by atoms with Crippen LogP contribution in [0.2, 0.25) is 0 Å². The third-order valence-electron chi connectivity index (χ3n) is 23.7. The van der Waals surface area contributed by atoms with E-state index in [1.807, 2.05) is 36.4 Å². The lowest BCUT2D eigenvalue weighted by molar-refractivity contribution is -0.336. The molecule has 0 saturated carbocycles. The normalized spacial score (nSPS) is 27.2. The first-order valence-electron chi connectivity index (χ1n) is 45.4. The minimum Gasteiger partial charge on any atom is -0.492 e. The number of unbranched alkanes of at least 4 members (excludes halogenated alkanes) is 2. The summed E-state index contributed by atoms with van der Waals surface area (Å²) in [7, 11) is 9.40. The minimum atomic E-state index is -2.26. The molecule has 15 N–H and O–H groups in total. The monoisotopic (exact) mass is 2120 g/mol. The number of anilines is 1. The first-order valence-corrected chi connectivity index (χ1v) is 49.7. The number of carbonyl (C=O) groups excluding carboxylic acids is 12. The molecule has 3 aromatic carbocycles. The number of nitrogens with one attached hydrogen (secondary N) is 9. The number of fused-ring (bicyclic) bond motifs is 3. The number of ketones is 1. The Morgan fingerprint density at radius 2 is 1.46 bits per heavy atom. The number of thioether (sulfide) groups is 1. The van der Waals surface area contributed by atoms with Crippen molar-refractivity contribution in [1.82, 2.24) is 47.6 Å². The number of aliphatic hydroxyl groups is 4. The molecule has 11 amide bonds. The molecule has 5 saturated heterocycles. The predicted octanol–water partition coefficient (Wildman–Crippen LogP) is 4.11. The third-order valence-corrected chi connectivity index (χ3v) is 29.6. The number of epoxide rings is 1. The van der Waals surface area contributed by atoms with Crippen molar-refractivity contribution in [2.24, 2.45) is 5.73 Å². The molecule has 46 heteroatoms. The van der Waals surface area contributed by atoms with Gasteiger partial charge in [-0.25, -0.2) is 14.4 Å². The molecule has 6 aliphatic heterocycles. The lowest BCUT2D eigenvalue weighted by atomic mass is 9.75. The van der Waals surface area contributed by atoms with Crippen LogP contribution >= 0.6 is 55.9 Å². The summed E-state index contributed by atoms with van der Waals surface area (Å²) in [6.45, 7) is 10.1. The van der Waals surface area contributed by atoms with E-state index in [1.165, 1.54) is 81.3 Å². The summed E-state index contributed by atoms with van der Waals surface area (Å²) < 4.78 is 83.4. The van der Waals surface area contributed by atoms with Gasteiger partial charge in [-0.15, -0.1) is 0 Å². The van der Waals surface area contributed by atoms with Gasteiger partial charge in [0.15, 0.2) is 48.0 Å². The molecule has 42 nitrogen and oxygen atoms in total. The number of hydrogen-bond acceptors (Lipinski definition) is 35. The lowest BCUT2D eigenvalue weighted by Crippen LogP contribution is -2.65. The van der Waals surface area contributed by atoms with E-state index in [-0.39, 0.29) is 142 Å². The second-order valence-corrected chi connectivity index (χ2v) is 39.7. The number of halogens is 1. The number of allylic oxidation sites excluding steroid dienone is 3. The highest BCUT2D eigenvalue weighted by Gasteiger charge is 2.59. The number of nitrogens with zero attached hydrogens (tertiary/aromatic N) is 1. The first-order chi connectivity index (χ1) is 66.9. The van der Waals surface area contributed by atoms with Crippen molar-refractivity contribution in [2.75, 3.05) is 79.4 Å². The van der Waals surface area contributed by atoms with Crippen molar-refractivity contribution in [3.05, 3.63) is 128 Å². The summed E-state index contributed by atoms with van der Waals surface area (Å²) in [6, 6.07) is 10.4. The zero-order valence-corrected chi connectivity index (χ0v) is 83.6. The molecule has 3 aromatic rings. The van der Waals surface area contributed by atoms with E-state index in [4.69, 9.17) is 76.9 Å². The van der Waals surface area contributed by atoms with Crippen LogP contribution in [0.3, 0.4) is 0 Å². The summed E-state index contributed by atoms with van der Waals surface area (Å²) in [5, 5.41) is 68.8. The Labute approximate surface area is 834 Å². The number of primary amides is 1. The number of aliphatic hydroxyl groups excluding tert-OH is 3. The Hall–Kier alpha value is -10.0. The van der Waals surface area contributed by atoms with Crippen molar-refractivity contribution in [2.45, 2.75) is 257 Å². The number of amides is 11. The average Bonchev–Trinajstić information content (AvgIpc) is 1.65. The first kappa shape index (κ1) is 110. The molecule has 140 heavy (non-hydrogen) atoms. The molecule has 8 aliphatic rings. The molecule has 0 aromatic heterocycles. The fraction of sp³-hybridized carbons (Fsp3) is 0.553. The molecular weight excluding hydrogens is 2000 g/mol.